The lowest BCUT2D eigenvalue weighted by atomic mass is 10.1. The molecule has 0 radical (unpaired) electrons. The highest BCUT2D eigenvalue weighted by Crippen LogP contribution is 2.19. The number of nitrogens with one attached hydrogen (secondary N) is 1. The molecule has 0 saturated heterocycles. The van der Waals surface area contributed by atoms with Crippen molar-refractivity contribution in [2.24, 2.45) is 0 Å². The van der Waals surface area contributed by atoms with E-state index in [1.165, 1.54) is 6.07 Å². The van der Waals surface area contributed by atoms with Gasteiger partial charge in [0, 0.05) is 13.0 Å². The Morgan fingerprint density at radius 3 is 2.42 bits per heavy atom. The third kappa shape index (κ3) is 5.28. The number of halogens is 2. The van der Waals surface area contributed by atoms with Crippen LogP contribution in [-0.2, 0) is 4.79 Å². The SMILES string of the molecule is O=C(CCC=Cc1ccccc1)NCC(O)c1c(F)cccc1F. The fourth-order valence-electron chi connectivity index (χ4n) is 2.23. The number of carbonyl (C=O) groups excluding carboxylic acids is 1. The third-order valence-electron chi connectivity index (χ3n) is 3.47. The predicted molar refractivity (Wildman–Crippen MR) is 89.0 cm³/mol. The second kappa shape index (κ2) is 8.93. The van der Waals surface area contributed by atoms with Crippen molar-refractivity contribution in [3.05, 3.63) is 77.4 Å². The summed E-state index contributed by atoms with van der Waals surface area (Å²) < 4.78 is 27.0. The van der Waals surface area contributed by atoms with Gasteiger partial charge in [-0.2, -0.15) is 0 Å². The van der Waals surface area contributed by atoms with Gasteiger partial charge < -0.3 is 10.4 Å². The highest BCUT2D eigenvalue weighted by Gasteiger charge is 2.18. The summed E-state index contributed by atoms with van der Waals surface area (Å²) in [6.45, 7) is -0.237. The van der Waals surface area contributed by atoms with Gasteiger partial charge in [-0.05, 0) is 24.1 Å². The standard InChI is InChI=1S/C19H19F2NO2/c20-15-10-6-11-16(21)19(15)17(23)13-22-18(24)12-5-4-9-14-7-2-1-3-8-14/h1-4,6-11,17,23H,5,12-13H2,(H,22,24). The van der Waals surface area contributed by atoms with Crippen LogP contribution < -0.4 is 5.32 Å². The molecule has 1 unspecified atom stereocenters. The van der Waals surface area contributed by atoms with E-state index >= 15 is 0 Å². The van der Waals surface area contributed by atoms with E-state index in [-0.39, 0.29) is 18.9 Å². The van der Waals surface area contributed by atoms with Gasteiger partial charge in [0.25, 0.3) is 0 Å². The Hall–Kier alpha value is -2.53. The monoisotopic (exact) mass is 331 g/mol. The summed E-state index contributed by atoms with van der Waals surface area (Å²) in [5.41, 5.74) is 0.616. The smallest absolute Gasteiger partial charge is 0.220 e. The quantitative estimate of drug-likeness (QED) is 0.814. The lowest BCUT2D eigenvalue weighted by molar-refractivity contribution is -0.121. The zero-order chi connectivity index (χ0) is 17.4. The summed E-state index contributed by atoms with van der Waals surface area (Å²) in [4.78, 5) is 11.7. The highest BCUT2D eigenvalue weighted by atomic mass is 19.1. The summed E-state index contributed by atoms with van der Waals surface area (Å²) in [5.74, 6) is -1.95. The second-order valence-corrected chi connectivity index (χ2v) is 5.31. The Morgan fingerprint density at radius 1 is 1.08 bits per heavy atom. The van der Waals surface area contributed by atoms with E-state index in [1.807, 2.05) is 42.5 Å². The number of benzene rings is 2. The molecule has 0 spiro atoms. The molecular formula is C19H19F2NO2. The third-order valence-corrected chi connectivity index (χ3v) is 3.47. The Bertz CT molecular complexity index is 682. The fourth-order valence-corrected chi connectivity index (χ4v) is 2.23. The number of amides is 1. The molecule has 2 rings (SSSR count). The molecule has 0 heterocycles. The minimum absolute atomic E-state index is 0.232. The maximum Gasteiger partial charge on any atom is 0.220 e. The van der Waals surface area contributed by atoms with E-state index in [1.54, 1.807) is 0 Å². The molecule has 1 atom stereocenters. The Kier molecular flexibility index (Phi) is 6.63. The van der Waals surface area contributed by atoms with Crippen LogP contribution in [0, 0.1) is 11.6 Å². The van der Waals surface area contributed by atoms with Crippen molar-refractivity contribution in [1.82, 2.24) is 5.32 Å². The lowest BCUT2D eigenvalue weighted by Crippen LogP contribution is -2.28. The number of aliphatic hydroxyl groups excluding tert-OH is 1. The van der Waals surface area contributed by atoms with Crippen molar-refractivity contribution in [3.63, 3.8) is 0 Å². The molecule has 24 heavy (non-hydrogen) atoms. The summed E-state index contributed by atoms with van der Waals surface area (Å²) in [6.07, 6.45) is 3.13. The largest absolute Gasteiger partial charge is 0.386 e. The van der Waals surface area contributed by atoms with Crippen molar-refractivity contribution < 1.29 is 18.7 Å². The topological polar surface area (TPSA) is 49.3 Å². The molecule has 0 aliphatic heterocycles. The molecule has 2 N–H and O–H groups in total. The van der Waals surface area contributed by atoms with Crippen LogP contribution in [0.25, 0.3) is 6.08 Å². The Labute approximate surface area is 139 Å². The maximum absolute atomic E-state index is 13.5. The van der Waals surface area contributed by atoms with Gasteiger partial charge in [-0.1, -0.05) is 48.6 Å². The van der Waals surface area contributed by atoms with Gasteiger partial charge in [0.15, 0.2) is 0 Å². The first-order valence-corrected chi connectivity index (χ1v) is 7.68. The average Bonchev–Trinajstić information content (AvgIpc) is 2.57. The van der Waals surface area contributed by atoms with Crippen molar-refractivity contribution in [2.75, 3.05) is 6.54 Å². The van der Waals surface area contributed by atoms with Crippen LogP contribution in [0.2, 0.25) is 0 Å². The van der Waals surface area contributed by atoms with Gasteiger partial charge >= 0.3 is 0 Å². The van der Waals surface area contributed by atoms with Crippen LogP contribution in [-0.4, -0.2) is 17.6 Å². The summed E-state index contributed by atoms with van der Waals surface area (Å²) in [7, 11) is 0. The number of aliphatic hydroxyl groups is 1. The van der Waals surface area contributed by atoms with Gasteiger partial charge in [0.2, 0.25) is 5.91 Å². The summed E-state index contributed by atoms with van der Waals surface area (Å²) in [5, 5.41) is 12.3. The van der Waals surface area contributed by atoms with Gasteiger partial charge in [0.1, 0.15) is 17.7 Å². The highest BCUT2D eigenvalue weighted by molar-refractivity contribution is 5.76. The minimum atomic E-state index is -1.42. The van der Waals surface area contributed by atoms with Crippen LogP contribution in [0.1, 0.15) is 30.1 Å². The molecule has 0 aliphatic rings. The van der Waals surface area contributed by atoms with E-state index in [4.69, 9.17) is 0 Å². The average molecular weight is 331 g/mol. The van der Waals surface area contributed by atoms with E-state index in [0.29, 0.717) is 6.42 Å². The van der Waals surface area contributed by atoms with E-state index in [9.17, 15) is 18.7 Å². The minimum Gasteiger partial charge on any atom is -0.386 e. The van der Waals surface area contributed by atoms with Crippen LogP contribution in [0.3, 0.4) is 0 Å². The first-order valence-electron chi connectivity index (χ1n) is 7.68. The van der Waals surface area contributed by atoms with Gasteiger partial charge in [-0.15, -0.1) is 0 Å². The molecule has 0 fully saturated rings. The zero-order valence-corrected chi connectivity index (χ0v) is 13.1. The molecule has 0 aromatic heterocycles. The molecule has 0 saturated carbocycles. The number of allylic oxidation sites excluding steroid dienone is 1. The van der Waals surface area contributed by atoms with Gasteiger partial charge in [-0.25, -0.2) is 8.78 Å². The van der Waals surface area contributed by atoms with Gasteiger partial charge in [-0.3, -0.25) is 4.79 Å². The fraction of sp³-hybridized carbons (Fsp3) is 0.211. The molecule has 126 valence electrons. The molecule has 1 amide bonds. The zero-order valence-electron chi connectivity index (χ0n) is 13.1. The lowest BCUT2D eigenvalue weighted by Gasteiger charge is -2.13. The van der Waals surface area contributed by atoms with Crippen molar-refractivity contribution in [1.29, 1.82) is 0 Å². The molecular weight excluding hydrogens is 312 g/mol. The normalized spacial score (nSPS) is 12.3. The predicted octanol–water partition coefficient (Wildman–Crippen LogP) is 3.61. The van der Waals surface area contributed by atoms with Crippen molar-refractivity contribution >= 4 is 12.0 Å². The van der Waals surface area contributed by atoms with E-state index in [2.05, 4.69) is 5.32 Å². The molecule has 5 heteroatoms. The van der Waals surface area contributed by atoms with E-state index in [0.717, 1.165) is 17.7 Å². The molecule has 0 aliphatic carbocycles. The van der Waals surface area contributed by atoms with Gasteiger partial charge in [0.05, 0.1) is 5.56 Å². The van der Waals surface area contributed by atoms with Crippen molar-refractivity contribution in [2.45, 2.75) is 18.9 Å². The maximum atomic E-state index is 13.5. The molecule has 0 bridgehead atoms. The summed E-state index contributed by atoms with van der Waals surface area (Å²) in [6, 6.07) is 13.0. The number of hydrogen-bond acceptors (Lipinski definition) is 2. The van der Waals surface area contributed by atoms with E-state index < -0.39 is 23.3 Å². The van der Waals surface area contributed by atoms with Crippen molar-refractivity contribution in [3.8, 4) is 0 Å². The van der Waals surface area contributed by atoms with Crippen LogP contribution in [0.4, 0.5) is 8.78 Å². The Morgan fingerprint density at radius 2 is 1.75 bits per heavy atom. The number of rotatable bonds is 7. The summed E-state index contributed by atoms with van der Waals surface area (Å²) >= 11 is 0. The number of carbonyl (C=O) groups is 1. The second-order valence-electron chi connectivity index (χ2n) is 5.31. The van der Waals surface area contributed by atoms with Crippen LogP contribution in [0.5, 0.6) is 0 Å². The molecule has 3 nitrogen and oxygen atoms in total. The number of hydrogen-bond donors (Lipinski definition) is 2. The van der Waals surface area contributed by atoms with Crippen LogP contribution in [0.15, 0.2) is 54.6 Å². The van der Waals surface area contributed by atoms with Crippen LogP contribution >= 0.6 is 0 Å². The first-order chi connectivity index (χ1) is 11.6. The molecule has 2 aromatic rings. The first kappa shape index (κ1) is 17.8. The molecule has 2 aromatic carbocycles. The Balaban J connectivity index is 1.76.